The Balaban J connectivity index is 2.72. The summed E-state index contributed by atoms with van der Waals surface area (Å²) in [4.78, 5) is 21.5. The third-order valence-corrected chi connectivity index (χ3v) is 2.39. The lowest BCUT2D eigenvalue weighted by Gasteiger charge is -1.82. The van der Waals surface area contributed by atoms with Crippen molar-refractivity contribution in [2.24, 2.45) is 5.73 Å². The lowest BCUT2D eigenvalue weighted by Crippen LogP contribution is -2.04. The Hall–Kier alpha value is -1.88. The predicted molar refractivity (Wildman–Crippen MR) is 59.2 cm³/mol. The van der Waals surface area contributed by atoms with E-state index in [1.54, 1.807) is 17.5 Å². The van der Waals surface area contributed by atoms with Crippen LogP contribution in [0.1, 0.15) is 10.4 Å². The molecule has 78 valence electrons. The zero-order chi connectivity index (χ0) is 11.3. The van der Waals surface area contributed by atoms with E-state index < -0.39 is 11.9 Å². The van der Waals surface area contributed by atoms with Gasteiger partial charge in [-0.05, 0) is 29.2 Å². The van der Waals surface area contributed by atoms with Crippen LogP contribution in [0.3, 0.4) is 0 Å². The molecule has 1 heterocycles. The summed E-state index contributed by atoms with van der Waals surface area (Å²) in [5, 5.41) is 10.2. The normalized spacial score (nSPS) is 11.2. The summed E-state index contributed by atoms with van der Waals surface area (Å²) in [6.45, 7) is 0. The lowest BCUT2D eigenvalue weighted by molar-refractivity contribution is -0.131. The summed E-state index contributed by atoms with van der Waals surface area (Å²) in [5.41, 5.74) is 5.75. The summed E-state index contributed by atoms with van der Waals surface area (Å²) >= 11 is 1.39. The lowest BCUT2D eigenvalue weighted by atomic mass is 10.2. The molecule has 5 heteroatoms. The zero-order valence-corrected chi connectivity index (χ0v) is 8.53. The van der Waals surface area contributed by atoms with Crippen molar-refractivity contribution in [1.82, 2.24) is 0 Å². The molecule has 0 aliphatic heterocycles. The number of nitrogens with two attached hydrogens (primary N) is 1. The Morgan fingerprint density at radius 2 is 2.07 bits per heavy atom. The molecule has 1 aromatic rings. The Morgan fingerprint density at radius 3 is 2.67 bits per heavy atom. The topological polar surface area (TPSA) is 80.4 Å². The Labute approximate surface area is 90.3 Å². The van der Waals surface area contributed by atoms with Crippen LogP contribution in [0, 0.1) is 0 Å². The molecule has 0 unspecified atom stereocenters. The van der Waals surface area contributed by atoms with Crippen LogP contribution in [0.25, 0.3) is 12.2 Å². The van der Waals surface area contributed by atoms with Crippen LogP contribution in [-0.4, -0.2) is 17.0 Å². The average Bonchev–Trinajstić information content (AvgIpc) is 2.59. The van der Waals surface area contributed by atoms with Gasteiger partial charge in [0.25, 0.3) is 0 Å². The summed E-state index contributed by atoms with van der Waals surface area (Å²) in [7, 11) is 0. The van der Waals surface area contributed by atoms with Crippen molar-refractivity contribution in [3.8, 4) is 0 Å². The molecular formula is C10H9NO3S. The van der Waals surface area contributed by atoms with Gasteiger partial charge in [-0.1, -0.05) is 0 Å². The van der Waals surface area contributed by atoms with Gasteiger partial charge in [0.15, 0.2) is 0 Å². The fourth-order valence-corrected chi connectivity index (χ4v) is 1.64. The van der Waals surface area contributed by atoms with Crippen LogP contribution in [0.15, 0.2) is 23.6 Å². The summed E-state index contributed by atoms with van der Waals surface area (Å²) in [6, 6.07) is 1.77. The standard InChI is InChI=1S/C10H9NO3S/c11-9(12)3-1-7-5-8(15-6-7)2-4-10(13)14/h1-6H,(H2,11,12)(H,13,14)/b3-1?,4-2+. The van der Waals surface area contributed by atoms with Crippen molar-refractivity contribution in [3.63, 3.8) is 0 Å². The minimum atomic E-state index is -0.988. The number of thiophene rings is 1. The summed E-state index contributed by atoms with van der Waals surface area (Å²) in [5.74, 6) is -1.50. The highest BCUT2D eigenvalue weighted by Crippen LogP contribution is 2.17. The molecule has 0 saturated carbocycles. The van der Waals surface area contributed by atoms with Gasteiger partial charge in [-0.2, -0.15) is 0 Å². The van der Waals surface area contributed by atoms with Crippen molar-refractivity contribution in [2.75, 3.05) is 0 Å². The number of carboxylic acids is 1. The molecule has 1 amide bonds. The number of primary amides is 1. The van der Waals surface area contributed by atoms with Gasteiger partial charge in [-0.25, -0.2) is 4.79 Å². The van der Waals surface area contributed by atoms with Gasteiger partial charge in [0.05, 0.1) is 0 Å². The number of hydrogen-bond acceptors (Lipinski definition) is 3. The molecule has 0 atom stereocenters. The van der Waals surface area contributed by atoms with Crippen LogP contribution in [0.5, 0.6) is 0 Å². The molecule has 15 heavy (non-hydrogen) atoms. The minimum Gasteiger partial charge on any atom is -0.478 e. The van der Waals surface area contributed by atoms with Gasteiger partial charge in [0, 0.05) is 17.0 Å². The molecular weight excluding hydrogens is 214 g/mol. The van der Waals surface area contributed by atoms with Crippen LogP contribution < -0.4 is 5.73 Å². The highest BCUT2D eigenvalue weighted by atomic mass is 32.1. The Bertz CT molecular complexity index is 393. The highest BCUT2D eigenvalue weighted by Gasteiger charge is 1.95. The van der Waals surface area contributed by atoms with Crippen LogP contribution in [0.2, 0.25) is 0 Å². The number of carboxylic acid groups (broad SMARTS) is 1. The summed E-state index contributed by atoms with van der Waals surface area (Å²) < 4.78 is 0. The van der Waals surface area contributed by atoms with E-state index in [1.165, 1.54) is 23.5 Å². The van der Waals surface area contributed by atoms with E-state index in [1.807, 2.05) is 0 Å². The largest absolute Gasteiger partial charge is 0.478 e. The zero-order valence-electron chi connectivity index (χ0n) is 7.71. The molecule has 4 nitrogen and oxygen atoms in total. The number of hydrogen-bond donors (Lipinski definition) is 2. The molecule has 0 spiro atoms. The minimum absolute atomic E-state index is 0.510. The van der Waals surface area contributed by atoms with E-state index in [2.05, 4.69) is 0 Å². The molecule has 0 aromatic carbocycles. The van der Waals surface area contributed by atoms with Crippen molar-refractivity contribution in [2.45, 2.75) is 0 Å². The van der Waals surface area contributed by atoms with E-state index in [0.717, 1.165) is 16.5 Å². The third kappa shape index (κ3) is 4.24. The first-order valence-electron chi connectivity index (χ1n) is 4.05. The maximum atomic E-state index is 10.4. The van der Waals surface area contributed by atoms with Crippen molar-refractivity contribution in [3.05, 3.63) is 34.0 Å². The third-order valence-electron chi connectivity index (χ3n) is 1.47. The first-order valence-corrected chi connectivity index (χ1v) is 4.93. The maximum Gasteiger partial charge on any atom is 0.328 e. The molecule has 0 saturated heterocycles. The van der Waals surface area contributed by atoms with E-state index >= 15 is 0 Å². The number of carbonyl (C=O) groups excluding carboxylic acids is 1. The van der Waals surface area contributed by atoms with Gasteiger partial charge < -0.3 is 10.8 Å². The molecule has 0 fully saturated rings. The molecule has 0 aliphatic carbocycles. The smallest absolute Gasteiger partial charge is 0.328 e. The Morgan fingerprint density at radius 1 is 1.33 bits per heavy atom. The van der Waals surface area contributed by atoms with Crippen LogP contribution in [0.4, 0.5) is 0 Å². The van der Waals surface area contributed by atoms with Gasteiger partial charge in [0.1, 0.15) is 0 Å². The number of rotatable bonds is 4. The Kier molecular flexibility index (Phi) is 3.82. The first-order chi connectivity index (χ1) is 7.08. The molecule has 1 aromatic heterocycles. The molecule has 3 N–H and O–H groups in total. The van der Waals surface area contributed by atoms with Crippen molar-refractivity contribution in [1.29, 1.82) is 0 Å². The number of aliphatic carboxylic acids is 1. The molecule has 0 radical (unpaired) electrons. The molecule has 1 rings (SSSR count). The van der Waals surface area contributed by atoms with E-state index in [-0.39, 0.29) is 0 Å². The predicted octanol–water partition coefficient (Wildman–Crippen LogP) is 1.34. The molecule has 0 bridgehead atoms. The second-order valence-corrected chi connectivity index (χ2v) is 3.63. The monoisotopic (exact) mass is 223 g/mol. The van der Waals surface area contributed by atoms with Gasteiger partial charge >= 0.3 is 5.97 Å². The van der Waals surface area contributed by atoms with Gasteiger partial charge in [0.2, 0.25) is 5.91 Å². The van der Waals surface area contributed by atoms with Crippen molar-refractivity contribution < 1.29 is 14.7 Å². The van der Waals surface area contributed by atoms with Crippen LogP contribution in [-0.2, 0) is 9.59 Å². The summed E-state index contributed by atoms with van der Waals surface area (Å²) in [6.07, 6.45) is 5.39. The highest BCUT2D eigenvalue weighted by molar-refractivity contribution is 7.11. The van der Waals surface area contributed by atoms with Gasteiger partial charge in [-0.3, -0.25) is 4.79 Å². The first kappa shape index (κ1) is 11.2. The van der Waals surface area contributed by atoms with Crippen molar-refractivity contribution >= 4 is 35.4 Å². The fourth-order valence-electron chi connectivity index (χ4n) is 0.875. The molecule has 0 aliphatic rings. The maximum absolute atomic E-state index is 10.4. The van der Waals surface area contributed by atoms with E-state index in [0.29, 0.717) is 0 Å². The number of amides is 1. The average molecular weight is 223 g/mol. The second kappa shape index (κ2) is 5.11. The van der Waals surface area contributed by atoms with E-state index in [4.69, 9.17) is 10.8 Å². The van der Waals surface area contributed by atoms with Crippen LogP contribution >= 0.6 is 11.3 Å². The quantitative estimate of drug-likeness (QED) is 0.756. The fraction of sp³-hybridized carbons (Fsp3) is 0. The van der Waals surface area contributed by atoms with Gasteiger partial charge in [-0.15, -0.1) is 11.3 Å². The number of carbonyl (C=O) groups is 2. The second-order valence-electron chi connectivity index (χ2n) is 2.69. The SMILES string of the molecule is NC(=O)C=Cc1csc(/C=C/C(=O)O)c1. The van der Waals surface area contributed by atoms with E-state index in [9.17, 15) is 9.59 Å².